The zero-order valence-electron chi connectivity index (χ0n) is 9.41. The van der Waals surface area contributed by atoms with E-state index >= 15 is 0 Å². The fourth-order valence-electron chi connectivity index (χ4n) is 1.76. The highest BCUT2D eigenvalue weighted by atomic mass is 79.9. The SMILES string of the molecule is OC(Cc1ccccc1Cl)c1cc(F)cc(Br)c1. The molecule has 0 aromatic heterocycles. The maximum Gasteiger partial charge on any atom is 0.124 e. The molecule has 0 aliphatic rings. The van der Waals surface area contributed by atoms with E-state index in [2.05, 4.69) is 15.9 Å². The topological polar surface area (TPSA) is 20.2 Å². The standard InChI is InChI=1S/C14H11BrClFO/c15-11-5-10(6-12(17)8-11)14(18)7-9-3-1-2-4-13(9)16/h1-6,8,14,18H,7H2. The Bertz CT molecular complexity index is 539. The molecule has 0 saturated carbocycles. The number of benzene rings is 2. The molecule has 0 aliphatic heterocycles. The van der Waals surface area contributed by atoms with Crippen molar-refractivity contribution < 1.29 is 9.50 Å². The summed E-state index contributed by atoms with van der Waals surface area (Å²) >= 11 is 9.23. The van der Waals surface area contributed by atoms with Crippen LogP contribution in [0.2, 0.25) is 5.02 Å². The van der Waals surface area contributed by atoms with Gasteiger partial charge in [-0.05, 0) is 35.4 Å². The van der Waals surface area contributed by atoms with Crippen molar-refractivity contribution in [1.29, 1.82) is 0 Å². The highest BCUT2D eigenvalue weighted by Gasteiger charge is 2.12. The van der Waals surface area contributed by atoms with Crippen molar-refractivity contribution in [2.75, 3.05) is 0 Å². The van der Waals surface area contributed by atoms with E-state index in [1.165, 1.54) is 12.1 Å². The zero-order valence-corrected chi connectivity index (χ0v) is 11.7. The van der Waals surface area contributed by atoms with Crippen molar-refractivity contribution in [2.24, 2.45) is 0 Å². The van der Waals surface area contributed by atoms with E-state index in [9.17, 15) is 9.50 Å². The molecule has 2 aromatic rings. The molecule has 1 nitrogen and oxygen atoms in total. The summed E-state index contributed by atoms with van der Waals surface area (Å²) in [6, 6.07) is 11.7. The molecule has 94 valence electrons. The summed E-state index contributed by atoms with van der Waals surface area (Å²) in [6.45, 7) is 0. The van der Waals surface area contributed by atoms with Crippen molar-refractivity contribution >= 4 is 27.5 Å². The van der Waals surface area contributed by atoms with Crippen molar-refractivity contribution in [2.45, 2.75) is 12.5 Å². The number of hydrogen-bond acceptors (Lipinski definition) is 1. The highest BCUT2D eigenvalue weighted by molar-refractivity contribution is 9.10. The highest BCUT2D eigenvalue weighted by Crippen LogP contribution is 2.25. The molecule has 1 atom stereocenters. The van der Waals surface area contributed by atoms with E-state index in [-0.39, 0.29) is 5.82 Å². The van der Waals surface area contributed by atoms with Gasteiger partial charge in [0.2, 0.25) is 0 Å². The van der Waals surface area contributed by atoms with Crippen LogP contribution in [0.5, 0.6) is 0 Å². The summed E-state index contributed by atoms with van der Waals surface area (Å²) in [5.41, 5.74) is 1.37. The Balaban J connectivity index is 2.22. The van der Waals surface area contributed by atoms with Crippen LogP contribution >= 0.6 is 27.5 Å². The van der Waals surface area contributed by atoms with Crippen molar-refractivity contribution in [3.63, 3.8) is 0 Å². The van der Waals surface area contributed by atoms with E-state index < -0.39 is 6.10 Å². The van der Waals surface area contributed by atoms with Crippen LogP contribution in [0.3, 0.4) is 0 Å². The lowest BCUT2D eigenvalue weighted by atomic mass is 10.0. The molecule has 0 aliphatic carbocycles. The summed E-state index contributed by atoms with van der Waals surface area (Å²) in [5, 5.41) is 10.7. The molecular weight excluding hydrogens is 319 g/mol. The molecule has 2 aromatic carbocycles. The van der Waals surface area contributed by atoms with Crippen LogP contribution in [0.15, 0.2) is 46.9 Å². The molecule has 0 radical (unpaired) electrons. The fourth-order valence-corrected chi connectivity index (χ4v) is 2.45. The van der Waals surface area contributed by atoms with E-state index in [0.717, 1.165) is 5.56 Å². The van der Waals surface area contributed by atoms with Crippen LogP contribution in [0, 0.1) is 5.82 Å². The summed E-state index contributed by atoms with van der Waals surface area (Å²) in [5.74, 6) is -0.377. The summed E-state index contributed by atoms with van der Waals surface area (Å²) in [6.07, 6.45) is -0.424. The van der Waals surface area contributed by atoms with Gasteiger partial charge in [0.25, 0.3) is 0 Å². The molecule has 0 saturated heterocycles. The van der Waals surface area contributed by atoms with Crippen molar-refractivity contribution in [3.05, 3.63) is 68.9 Å². The first-order valence-electron chi connectivity index (χ1n) is 5.44. The second kappa shape index (κ2) is 5.83. The van der Waals surface area contributed by atoms with Crippen LogP contribution in [-0.4, -0.2) is 5.11 Å². The fraction of sp³-hybridized carbons (Fsp3) is 0.143. The predicted molar refractivity (Wildman–Crippen MR) is 74.2 cm³/mol. The Morgan fingerprint density at radius 1 is 1.22 bits per heavy atom. The minimum atomic E-state index is -0.781. The monoisotopic (exact) mass is 328 g/mol. The summed E-state index contributed by atoms with van der Waals surface area (Å²) in [7, 11) is 0. The van der Waals surface area contributed by atoms with Crippen molar-refractivity contribution in [3.8, 4) is 0 Å². The van der Waals surface area contributed by atoms with Crippen LogP contribution in [-0.2, 0) is 6.42 Å². The van der Waals surface area contributed by atoms with E-state index in [4.69, 9.17) is 11.6 Å². The van der Waals surface area contributed by atoms with Crippen LogP contribution in [0.25, 0.3) is 0 Å². The van der Waals surface area contributed by atoms with Gasteiger partial charge in [0.1, 0.15) is 5.82 Å². The van der Waals surface area contributed by atoms with E-state index in [0.29, 0.717) is 21.5 Å². The predicted octanol–water partition coefficient (Wildman–Crippen LogP) is 4.52. The zero-order chi connectivity index (χ0) is 13.1. The first-order valence-corrected chi connectivity index (χ1v) is 6.61. The van der Waals surface area contributed by atoms with Gasteiger partial charge < -0.3 is 5.11 Å². The average molecular weight is 330 g/mol. The Kier molecular flexibility index (Phi) is 4.38. The first kappa shape index (κ1) is 13.5. The smallest absolute Gasteiger partial charge is 0.124 e. The third-order valence-electron chi connectivity index (χ3n) is 2.64. The van der Waals surface area contributed by atoms with Gasteiger partial charge in [0.05, 0.1) is 6.10 Å². The molecule has 0 fully saturated rings. The van der Waals surface area contributed by atoms with Crippen LogP contribution in [0.1, 0.15) is 17.2 Å². The summed E-state index contributed by atoms with van der Waals surface area (Å²) < 4.78 is 13.8. The van der Waals surface area contributed by atoms with Gasteiger partial charge in [0, 0.05) is 15.9 Å². The number of aliphatic hydroxyl groups is 1. The number of aliphatic hydroxyl groups excluding tert-OH is 1. The second-order valence-electron chi connectivity index (χ2n) is 4.01. The van der Waals surface area contributed by atoms with Gasteiger partial charge in [-0.25, -0.2) is 4.39 Å². The Morgan fingerprint density at radius 3 is 2.61 bits per heavy atom. The molecule has 0 spiro atoms. The van der Waals surface area contributed by atoms with Crippen molar-refractivity contribution in [1.82, 2.24) is 0 Å². The number of rotatable bonds is 3. The molecule has 0 heterocycles. The lowest BCUT2D eigenvalue weighted by Gasteiger charge is -2.12. The van der Waals surface area contributed by atoms with E-state index in [1.54, 1.807) is 12.1 Å². The number of halogens is 3. The first-order chi connectivity index (χ1) is 8.56. The normalized spacial score (nSPS) is 12.4. The second-order valence-corrected chi connectivity index (χ2v) is 5.34. The average Bonchev–Trinajstić information content (AvgIpc) is 2.31. The lowest BCUT2D eigenvalue weighted by molar-refractivity contribution is 0.178. The maximum absolute atomic E-state index is 13.2. The Hall–Kier alpha value is -0.900. The quantitative estimate of drug-likeness (QED) is 0.878. The lowest BCUT2D eigenvalue weighted by Crippen LogP contribution is -2.03. The van der Waals surface area contributed by atoms with Crippen LogP contribution < -0.4 is 0 Å². The van der Waals surface area contributed by atoms with Gasteiger partial charge in [0.15, 0.2) is 0 Å². The third kappa shape index (κ3) is 3.31. The Morgan fingerprint density at radius 2 is 1.94 bits per heavy atom. The molecule has 1 N–H and O–H groups in total. The summed E-state index contributed by atoms with van der Waals surface area (Å²) in [4.78, 5) is 0. The minimum Gasteiger partial charge on any atom is -0.388 e. The Labute approximate surface area is 118 Å². The van der Waals surface area contributed by atoms with Gasteiger partial charge in [-0.2, -0.15) is 0 Å². The largest absolute Gasteiger partial charge is 0.388 e. The molecule has 0 bridgehead atoms. The molecular formula is C14H11BrClFO. The molecule has 1 unspecified atom stereocenters. The molecule has 4 heteroatoms. The number of hydrogen-bond donors (Lipinski definition) is 1. The third-order valence-corrected chi connectivity index (χ3v) is 3.47. The van der Waals surface area contributed by atoms with Gasteiger partial charge in [-0.1, -0.05) is 45.7 Å². The minimum absolute atomic E-state index is 0.357. The molecule has 18 heavy (non-hydrogen) atoms. The maximum atomic E-state index is 13.2. The van der Waals surface area contributed by atoms with Gasteiger partial charge >= 0.3 is 0 Å². The molecule has 2 rings (SSSR count). The van der Waals surface area contributed by atoms with Crippen LogP contribution in [0.4, 0.5) is 4.39 Å². The molecule has 0 amide bonds. The van der Waals surface area contributed by atoms with Gasteiger partial charge in [-0.3, -0.25) is 0 Å². The van der Waals surface area contributed by atoms with E-state index in [1.807, 2.05) is 18.2 Å². The van der Waals surface area contributed by atoms with Gasteiger partial charge in [-0.15, -0.1) is 0 Å².